The van der Waals surface area contributed by atoms with Crippen molar-refractivity contribution in [1.29, 1.82) is 0 Å². The van der Waals surface area contributed by atoms with Crippen LogP contribution < -0.4 is 10.2 Å². The van der Waals surface area contributed by atoms with Gasteiger partial charge in [0.05, 0.1) is 4.90 Å². The van der Waals surface area contributed by atoms with E-state index >= 15 is 0 Å². The number of benzene rings is 1. The topological polar surface area (TPSA) is 106 Å². The molecule has 1 aliphatic rings. The van der Waals surface area contributed by atoms with Crippen LogP contribution in [-0.2, 0) is 14.8 Å². The average Bonchev–Trinajstić information content (AvgIpc) is 3.12. The molecule has 9 nitrogen and oxygen atoms in total. The third-order valence-electron chi connectivity index (χ3n) is 5.31. The monoisotopic (exact) mass is 423 g/mol. The van der Waals surface area contributed by atoms with Crippen LogP contribution in [0, 0.1) is 5.92 Å². The Balaban J connectivity index is 1.77. The van der Waals surface area contributed by atoms with Gasteiger partial charge in [0.2, 0.25) is 10.0 Å². The smallest absolute Gasteiger partial charge is 0.260 e. The lowest BCUT2D eigenvalue weighted by molar-refractivity contribution is -0.127. The minimum atomic E-state index is -3.61. The van der Waals surface area contributed by atoms with Crippen LogP contribution in [0.3, 0.4) is 0 Å². The first-order chi connectivity index (χ1) is 13.8. The maximum absolute atomic E-state index is 13.0. The molecule has 1 N–H and O–H groups in total. The van der Waals surface area contributed by atoms with E-state index in [1.807, 2.05) is 13.8 Å². The number of nitrogens with one attached hydrogen (secondary N) is 1. The molecule has 1 aliphatic heterocycles. The third kappa shape index (κ3) is 4.87. The largest absolute Gasteiger partial charge is 0.385 e. The fraction of sp³-hybridized carbons (Fsp3) is 0.632. The van der Waals surface area contributed by atoms with Gasteiger partial charge in [-0.15, -0.1) is 5.10 Å². The Morgan fingerprint density at radius 2 is 2.10 bits per heavy atom. The van der Waals surface area contributed by atoms with Gasteiger partial charge in [-0.1, -0.05) is 25.6 Å². The molecule has 160 valence electrons. The lowest BCUT2D eigenvalue weighted by Crippen LogP contribution is -2.39. The van der Waals surface area contributed by atoms with Crippen molar-refractivity contribution >= 4 is 27.0 Å². The lowest BCUT2D eigenvalue weighted by atomic mass is 10.0. The molecule has 1 amide bonds. The zero-order chi connectivity index (χ0) is 21.0. The van der Waals surface area contributed by atoms with Gasteiger partial charge in [-0.3, -0.25) is 4.79 Å². The molecule has 1 fully saturated rings. The number of nitrogens with zero attached hydrogens (tertiary/aromatic N) is 4. The summed E-state index contributed by atoms with van der Waals surface area (Å²) in [7, 11) is -3.61. The number of carbonyl (C=O) groups is 1. The highest BCUT2D eigenvalue weighted by Gasteiger charge is 2.29. The number of amides is 1. The Kier molecular flexibility index (Phi) is 6.74. The van der Waals surface area contributed by atoms with Gasteiger partial charge < -0.3 is 10.2 Å². The highest BCUT2D eigenvalue weighted by Crippen LogP contribution is 2.25. The van der Waals surface area contributed by atoms with E-state index in [1.54, 1.807) is 6.07 Å². The molecule has 3 rings (SSSR count). The summed E-state index contributed by atoms with van der Waals surface area (Å²) in [5.41, 5.74) is 0.905. The summed E-state index contributed by atoms with van der Waals surface area (Å²) in [5.74, 6) is 0.0831. The number of hydrogen-bond acceptors (Lipinski definition) is 6. The molecule has 1 saturated heterocycles. The predicted octanol–water partition coefficient (Wildman–Crippen LogP) is 1.59. The summed E-state index contributed by atoms with van der Waals surface area (Å²) in [6.45, 7) is 6.88. The quantitative estimate of drug-likeness (QED) is 0.691. The summed E-state index contributed by atoms with van der Waals surface area (Å²) >= 11 is 0. The molecular weight excluding hydrogens is 394 g/mol. The maximum atomic E-state index is 13.0. The van der Waals surface area contributed by atoms with Gasteiger partial charge in [-0.25, -0.2) is 8.42 Å². The molecule has 1 atom stereocenters. The van der Waals surface area contributed by atoms with Crippen molar-refractivity contribution in [2.75, 3.05) is 19.7 Å². The van der Waals surface area contributed by atoms with E-state index in [4.69, 9.17) is 4.84 Å². The third-order valence-corrected chi connectivity index (χ3v) is 7.17. The van der Waals surface area contributed by atoms with E-state index < -0.39 is 10.0 Å². The van der Waals surface area contributed by atoms with Crippen LogP contribution in [0.1, 0.15) is 46.5 Å². The molecule has 0 radical (unpaired) electrons. The Morgan fingerprint density at radius 1 is 1.34 bits per heavy atom. The average molecular weight is 424 g/mol. The molecular formula is C19H29N5O4S. The SMILES string of the molecule is CCC(CC)NC(=O)COn1nnc2ccc(S(=O)(=O)N3CCC[C@@H](C)C3)cc21. The highest BCUT2D eigenvalue weighted by atomic mass is 32.2. The summed E-state index contributed by atoms with van der Waals surface area (Å²) in [5, 5.41) is 10.8. The number of aromatic nitrogens is 3. The standard InChI is InChI=1S/C19H29N5O4S/c1-4-15(5-2)20-19(25)13-28-24-18-11-16(8-9-17(18)21-22-24)29(26,27)23-10-6-7-14(3)12-23/h8-9,11,14-15H,4-7,10,12-13H2,1-3H3,(H,20,25)/t14-/m1/s1. The maximum Gasteiger partial charge on any atom is 0.260 e. The summed E-state index contributed by atoms with van der Waals surface area (Å²) < 4.78 is 27.6. The van der Waals surface area contributed by atoms with Gasteiger partial charge in [-0.2, -0.15) is 4.31 Å². The van der Waals surface area contributed by atoms with Crippen LogP contribution in [0.2, 0.25) is 0 Å². The molecule has 29 heavy (non-hydrogen) atoms. The number of rotatable bonds is 8. The number of fused-ring (bicyclic) bond motifs is 1. The number of carbonyl (C=O) groups excluding carboxylic acids is 1. The van der Waals surface area contributed by atoms with E-state index in [-0.39, 0.29) is 23.5 Å². The van der Waals surface area contributed by atoms with Crippen LogP contribution in [0.15, 0.2) is 23.1 Å². The van der Waals surface area contributed by atoms with E-state index in [2.05, 4.69) is 22.6 Å². The molecule has 2 aromatic rings. The normalized spacial score (nSPS) is 18.3. The Labute approximate surface area is 171 Å². The Hall–Kier alpha value is -2.20. The van der Waals surface area contributed by atoms with Crippen molar-refractivity contribution < 1.29 is 18.0 Å². The van der Waals surface area contributed by atoms with E-state index in [0.29, 0.717) is 30.0 Å². The zero-order valence-electron chi connectivity index (χ0n) is 17.2. The molecule has 0 saturated carbocycles. The first-order valence-corrected chi connectivity index (χ1v) is 11.6. The number of piperidine rings is 1. The second-order valence-corrected chi connectivity index (χ2v) is 9.52. The highest BCUT2D eigenvalue weighted by molar-refractivity contribution is 7.89. The molecule has 2 heterocycles. The van der Waals surface area contributed by atoms with Crippen LogP contribution in [0.5, 0.6) is 0 Å². The second kappa shape index (κ2) is 9.08. The van der Waals surface area contributed by atoms with Crippen molar-refractivity contribution in [3.05, 3.63) is 18.2 Å². The number of sulfonamides is 1. The van der Waals surface area contributed by atoms with Gasteiger partial charge in [0.15, 0.2) is 6.61 Å². The fourth-order valence-electron chi connectivity index (χ4n) is 3.53. The van der Waals surface area contributed by atoms with Gasteiger partial charge >= 0.3 is 0 Å². The Bertz CT molecular complexity index is 955. The Morgan fingerprint density at radius 3 is 2.79 bits per heavy atom. The van der Waals surface area contributed by atoms with E-state index in [0.717, 1.165) is 30.5 Å². The first-order valence-electron chi connectivity index (χ1n) is 10.1. The molecule has 0 spiro atoms. The van der Waals surface area contributed by atoms with E-state index in [9.17, 15) is 13.2 Å². The molecule has 1 aromatic carbocycles. The molecule has 0 unspecified atom stereocenters. The first kappa shape index (κ1) is 21.5. The van der Waals surface area contributed by atoms with Crippen molar-refractivity contribution in [3.8, 4) is 0 Å². The zero-order valence-corrected chi connectivity index (χ0v) is 18.0. The summed E-state index contributed by atoms with van der Waals surface area (Å²) in [4.78, 5) is 18.8. The van der Waals surface area contributed by atoms with Crippen LogP contribution in [0.25, 0.3) is 11.0 Å². The minimum absolute atomic E-state index is 0.0993. The fourth-order valence-corrected chi connectivity index (χ4v) is 5.15. The van der Waals surface area contributed by atoms with Gasteiger partial charge in [0.25, 0.3) is 5.91 Å². The lowest BCUT2D eigenvalue weighted by Gasteiger charge is -2.30. The number of hydrogen-bond donors (Lipinski definition) is 1. The van der Waals surface area contributed by atoms with Crippen molar-refractivity contribution in [1.82, 2.24) is 24.8 Å². The van der Waals surface area contributed by atoms with Crippen molar-refractivity contribution in [2.24, 2.45) is 5.92 Å². The van der Waals surface area contributed by atoms with Gasteiger partial charge in [0, 0.05) is 19.1 Å². The predicted molar refractivity (Wildman–Crippen MR) is 109 cm³/mol. The van der Waals surface area contributed by atoms with Gasteiger partial charge in [0.1, 0.15) is 11.0 Å². The molecule has 1 aromatic heterocycles. The molecule has 10 heteroatoms. The van der Waals surface area contributed by atoms with Crippen LogP contribution >= 0.6 is 0 Å². The summed E-state index contributed by atoms with van der Waals surface area (Å²) in [6.07, 6.45) is 3.57. The van der Waals surface area contributed by atoms with Crippen molar-refractivity contribution in [2.45, 2.75) is 57.4 Å². The van der Waals surface area contributed by atoms with Crippen LogP contribution in [0.4, 0.5) is 0 Å². The molecule has 0 bridgehead atoms. The van der Waals surface area contributed by atoms with E-state index in [1.165, 1.54) is 16.4 Å². The molecule has 0 aliphatic carbocycles. The van der Waals surface area contributed by atoms with Gasteiger partial charge in [-0.05, 0) is 55.0 Å². The van der Waals surface area contributed by atoms with Crippen molar-refractivity contribution in [3.63, 3.8) is 0 Å². The van der Waals surface area contributed by atoms with Crippen LogP contribution in [-0.4, -0.2) is 59.5 Å². The minimum Gasteiger partial charge on any atom is -0.385 e. The summed E-state index contributed by atoms with van der Waals surface area (Å²) in [6, 6.07) is 4.74. The second-order valence-electron chi connectivity index (χ2n) is 7.58.